The highest BCUT2D eigenvalue weighted by molar-refractivity contribution is 7.89. The number of halogens is 1. The largest absolute Gasteiger partial charge is 0.384 e. The quantitative estimate of drug-likeness (QED) is 0.452. The molecular formula is C25H29ClN4O3S. The molecule has 0 bridgehead atoms. The zero-order valence-corrected chi connectivity index (χ0v) is 20.7. The minimum Gasteiger partial charge on any atom is -0.384 e. The molecule has 2 N–H and O–H groups in total. The number of rotatable bonds is 8. The Morgan fingerprint density at radius 1 is 1.09 bits per heavy atom. The Morgan fingerprint density at radius 2 is 1.82 bits per heavy atom. The zero-order chi connectivity index (χ0) is 24.1. The van der Waals surface area contributed by atoms with Gasteiger partial charge in [0.15, 0.2) is 0 Å². The molecule has 34 heavy (non-hydrogen) atoms. The van der Waals surface area contributed by atoms with E-state index in [-0.39, 0.29) is 11.8 Å². The van der Waals surface area contributed by atoms with E-state index >= 15 is 0 Å². The fraction of sp³-hybridized carbons (Fsp3) is 0.360. The number of hydrogen-bond acceptors (Lipinski definition) is 5. The van der Waals surface area contributed by atoms with Gasteiger partial charge in [-0.15, -0.1) is 0 Å². The van der Waals surface area contributed by atoms with Crippen molar-refractivity contribution in [1.29, 1.82) is 0 Å². The number of anilines is 1. The SMILES string of the molecule is Cc1ccc(S(=O)(=O)N2CCC(C(=O)NCCCNc3ccnc4cc(Cl)ccc34)CC2)cc1. The third-order valence-electron chi connectivity index (χ3n) is 6.16. The molecule has 0 spiro atoms. The first-order valence-corrected chi connectivity index (χ1v) is 13.3. The highest BCUT2D eigenvalue weighted by Gasteiger charge is 2.31. The molecule has 0 atom stereocenters. The summed E-state index contributed by atoms with van der Waals surface area (Å²) in [5.74, 6) is -0.164. The molecule has 1 aromatic heterocycles. The lowest BCUT2D eigenvalue weighted by atomic mass is 9.97. The number of sulfonamides is 1. The topological polar surface area (TPSA) is 91.4 Å². The average Bonchev–Trinajstić information content (AvgIpc) is 2.84. The van der Waals surface area contributed by atoms with Gasteiger partial charge in [-0.1, -0.05) is 29.3 Å². The van der Waals surface area contributed by atoms with Crippen molar-refractivity contribution in [1.82, 2.24) is 14.6 Å². The maximum absolute atomic E-state index is 12.8. The number of carbonyl (C=O) groups is 1. The van der Waals surface area contributed by atoms with Crippen LogP contribution >= 0.6 is 11.6 Å². The molecule has 2 heterocycles. The molecule has 1 aliphatic heterocycles. The molecule has 7 nitrogen and oxygen atoms in total. The summed E-state index contributed by atoms with van der Waals surface area (Å²) >= 11 is 6.04. The van der Waals surface area contributed by atoms with E-state index in [0.717, 1.165) is 28.6 Å². The van der Waals surface area contributed by atoms with Gasteiger partial charge >= 0.3 is 0 Å². The van der Waals surface area contributed by atoms with Gasteiger partial charge in [-0.3, -0.25) is 9.78 Å². The van der Waals surface area contributed by atoms with Crippen LogP contribution in [0.4, 0.5) is 5.69 Å². The number of pyridine rings is 1. The van der Waals surface area contributed by atoms with Crippen molar-refractivity contribution in [2.75, 3.05) is 31.5 Å². The van der Waals surface area contributed by atoms with Crippen LogP contribution in [0, 0.1) is 12.8 Å². The lowest BCUT2D eigenvalue weighted by Crippen LogP contribution is -2.43. The molecule has 2 aromatic carbocycles. The van der Waals surface area contributed by atoms with Gasteiger partial charge in [0.1, 0.15) is 0 Å². The van der Waals surface area contributed by atoms with Crippen molar-refractivity contribution in [3.8, 4) is 0 Å². The van der Waals surface area contributed by atoms with Crippen LogP contribution in [0.5, 0.6) is 0 Å². The van der Waals surface area contributed by atoms with Gasteiger partial charge in [0.05, 0.1) is 10.4 Å². The van der Waals surface area contributed by atoms with Gasteiger partial charge in [-0.25, -0.2) is 8.42 Å². The Balaban J connectivity index is 1.20. The first-order valence-electron chi connectivity index (χ1n) is 11.5. The van der Waals surface area contributed by atoms with Crippen LogP contribution in [0.2, 0.25) is 5.02 Å². The van der Waals surface area contributed by atoms with Crippen LogP contribution in [0.25, 0.3) is 10.9 Å². The van der Waals surface area contributed by atoms with Gasteiger partial charge in [0.2, 0.25) is 15.9 Å². The summed E-state index contributed by atoms with van der Waals surface area (Å²) in [5.41, 5.74) is 2.83. The normalized spacial score (nSPS) is 15.4. The molecule has 9 heteroatoms. The number of nitrogens with one attached hydrogen (secondary N) is 2. The molecule has 1 amide bonds. The first kappa shape index (κ1) is 24.4. The summed E-state index contributed by atoms with van der Waals surface area (Å²) in [6, 6.07) is 14.4. The maximum Gasteiger partial charge on any atom is 0.243 e. The van der Waals surface area contributed by atoms with E-state index in [1.54, 1.807) is 30.5 Å². The summed E-state index contributed by atoms with van der Waals surface area (Å²) in [7, 11) is -3.52. The van der Waals surface area contributed by atoms with Crippen molar-refractivity contribution in [3.05, 3.63) is 65.3 Å². The Bertz CT molecular complexity index is 1260. The van der Waals surface area contributed by atoms with Crippen LogP contribution in [-0.2, 0) is 14.8 Å². The molecule has 1 fully saturated rings. The maximum atomic E-state index is 12.8. The molecule has 1 aliphatic rings. The van der Waals surface area contributed by atoms with Crippen LogP contribution < -0.4 is 10.6 Å². The van der Waals surface area contributed by atoms with Crippen molar-refractivity contribution < 1.29 is 13.2 Å². The third-order valence-corrected chi connectivity index (χ3v) is 8.30. The molecule has 1 saturated heterocycles. The monoisotopic (exact) mass is 500 g/mol. The minimum atomic E-state index is -3.52. The number of benzene rings is 2. The second kappa shape index (κ2) is 10.7. The van der Waals surface area contributed by atoms with Crippen LogP contribution in [0.3, 0.4) is 0 Å². The fourth-order valence-electron chi connectivity index (χ4n) is 4.16. The lowest BCUT2D eigenvalue weighted by molar-refractivity contribution is -0.126. The van der Waals surface area contributed by atoms with E-state index in [1.165, 1.54) is 4.31 Å². The van der Waals surface area contributed by atoms with Crippen molar-refractivity contribution >= 4 is 44.1 Å². The summed E-state index contributed by atoms with van der Waals surface area (Å²) in [6.45, 7) is 3.90. The molecule has 0 saturated carbocycles. The number of nitrogens with zero attached hydrogens (tertiary/aromatic N) is 2. The number of carbonyl (C=O) groups excluding carboxylic acids is 1. The predicted molar refractivity (Wildman–Crippen MR) is 136 cm³/mol. The van der Waals surface area contributed by atoms with Crippen LogP contribution in [-0.4, -0.2) is 49.8 Å². The summed E-state index contributed by atoms with van der Waals surface area (Å²) < 4.78 is 27.2. The second-order valence-electron chi connectivity index (χ2n) is 8.58. The number of amides is 1. The predicted octanol–water partition coefficient (Wildman–Crippen LogP) is 4.22. The molecular weight excluding hydrogens is 472 g/mol. The average molecular weight is 501 g/mol. The van der Waals surface area contributed by atoms with Crippen LogP contribution in [0.15, 0.2) is 59.6 Å². The Morgan fingerprint density at radius 3 is 2.56 bits per heavy atom. The van der Waals surface area contributed by atoms with E-state index in [2.05, 4.69) is 15.6 Å². The lowest BCUT2D eigenvalue weighted by Gasteiger charge is -2.30. The van der Waals surface area contributed by atoms with Gasteiger partial charge in [-0.05, 0) is 62.6 Å². The highest BCUT2D eigenvalue weighted by Crippen LogP contribution is 2.25. The Hall–Kier alpha value is -2.68. The first-order chi connectivity index (χ1) is 16.3. The standard InChI is InChI=1S/C25H29ClN4O3S/c1-18-3-6-21(7-4-18)34(32,33)30-15-10-19(11-16-30)25(31)29-13-2-12-27-23-9-14-28-24-17-20(26)5-8-22(23)24/h3-9,14,17,19H,2,10-13,15-16H2,1H3,(H,27,28)(H,29,31). The van der Waals surface area contributed by atoms with Crippen LogP contribution in [0.1, 0.15) is 24.8 Å². The zero-order valence-electron chi connectivity index (χ0n) is 19.1. The molecule has 3 aromatic rings. The number of aryl methyl sites for hydroxylation is 1. The Labute approximate surface area is 205 Å². The molecule has 180 valence electrons. The Kier molecular flexibility index (Phi) is 7.70. The highest BCUT2D eigenvalue weighted by atomic mass is 35.5. The molecule has 0 unspecified atom stereocenters. The van der Waals surface area contributed by atoms with Gasteiger partial charge < -0.3 is 10.6 Å². The van der Waals surface area contributed by atoms with E-state index in [1.807, 2.05) is 31.2 Å². The van der Waals surface area contributed by atoms with E-state index in [0.29, 0.717) is 48.9 Å². The smallest absolute Gasteiger partial charge is 0.243 e. The van der Waals surface area contributed by atoms with Crippen molar-refractivity contribution in [2.24, 2.45) is 5.92 Å². The number of fused-ring (bicyclic) bond motifs is 1. The van der Waals surface area contributed by atoms with Gasteiger partial charge in [-0.2, -0.15) is 4.31 Å². The minimum absolute atomic E-state index is 0.00335. The number of piperidine rings is 1. The summed E-state index contributed by atoms with van der Waals surface area (Å²) in [5, 5.41) is 8.05. The summed E-state index contributed by atoms with van der Waals surface area (Å²) in [6.07, 6.45) is 3.57. The second-order valence-corrected chi connectivity index (χ2v) is 11.0. The van der Waals surface area contributed by atoms with Crippen molar-refractivity contribution in [2.45, 2.75) is 31.1 Å². The molecule has 4 rings (SSSR count). The fourth-order valence-corrected chi connectivity index (χ4v) is 5.80. The molecule has 0 aliphatic carbocycles. The van der Waals surface area contributed by atoms with E-state index in [4.69, 9.17) is 11.6 Å². The number of hydrogen-bond donors (Lipinski definition) is 2. The van der Waals surface area contributed by atoms with E-state index in [9.17, 15) is 13.2 Å². The molecule has 0 radical (unpaired) electrons. The number of aromatic nitrogens is 1. The van der Waals surface area contributed by atoms with E-state index < -0.39 is 10.0 Å². The van der Waals surface area contributed by atoms with Crippen molar-refractivity contribution in [3.63, 3.8) is 0 Å². The summed E-state index contributed by atoms with van der Waals surface area (Å²) in [4.78, 5) is 17.2. The van der Waals surface area contributed by atoms with Gasteiger partial charge in [0, 0.05) is 54.4 Å². The van der Waals surface area contributed by atoms with Gasteiger partial charge in [0.25, 0.3) is 0 Å². The third kappa shape index (κ3) is 5.68.